The Balaban J connectivity index is 1.90. The molecule has 7 heteroatoms. The van der Waals surface area contributed by atoms with Gasteiger partial charge in [0, 0.05) is 12.7 Å². The van der Waals surface area contributed by atoms with Crippen LogP contribution in [0.15, 0.2) is 58.5 Å². The van der Waals surface area contributed by atoms with Crippen molar-refractivity contribution < 1.29 is 19.1 Å². The van der Waals surface area contributed by atoms with Gasteiger partial charge in [-0.05, 0) is 50.3 Å². The number of furan rings is 1. The van der Waals surface area contributed by atoms with E-state index in [1.807, 2.05) is 0 Å². The highest BCUT2D eigenvalue weighted by molar-refractivity contribution is 6.14. The molecule has 1 aliphatic rings. The Hall–Kier alpha value is -2.93. The van der Waals surface area contributed by atoms with Crippen LogP contribution < -0.4 is 0 Å². The van der Waals surface area contributed by atoms with Gasteiger partial charge in [-0.2, -0.15) is 0 Å². The van der Waals surface area contributed by atoms with E-state index < -0.39 is 23.5 Å². The molecule has 0 fully saturated rings. The summed E-state index contributed by atoms with van der Waals surface area (Å²) in [5, 5.41) is 10.5. The third-order valence-corrected chi connectivity index (χ3v) is 5.03. The number of amides is 1. The fraction of sp³-hybridized carbons (Fsp3) is 0.381. The maximum Gasteiger partial charge on any atom is 0.290 e. The van der Waals surface area contributed by atoms with Crippen molar-refractivity contribution in [2.24, 2.45) is 0 Å². The number of pyridine rings is 1. The molecule has 0 saturated carbocycles. The van der Waals surface area contributed by atoms with Gasteiger partial charge in [0.1, 0.15) is 6.04 Å². The molecular weight excluding hydrogens is 358 g/mol. The van der Waals surface area contributed by atoms with Gasteiger partial charge < -0.3 is 19.3 Å². The summed E-state index contributed by atoms with van der Waals surface area (Å²) in [5.41, 5.74) is 0.555. The maximum atomic E-state index is 12.9. The molecule has 0 aromatic carbocycles. The lowest BCUT2D eigenvalue weighted by atomic mass is 9.98. The van der Waals surface area contributed by atoms with Gasteiger partial charge in [0.2, 0.25) is 5.78 Å². The van der Waals surface area contributed by atoms with Crippen molar-refractivity contribution in [1.29, 1.82) is 0 Å². The molecule has 1 amide bonds. The zero-order chi connectivity index (χ0) is 20.1. The van der Waals surface area contributed by atoms with E-state index in [1.165, 1.54) is 17.2 Å². The van der Waals surface area contributed by atoms with E-state index in [0.717, 1.165) is 26.1 Å². The number of aliphatic hydroxyl groups is 1. The Kier molecular flexibility index (Phi) is 6.26. The van der Waals surface area contributed by atoms with E-state index >= 15 is 0 Å². The minimum atomic E-state index is -0.733. The van der Waals surface area contributed by atoms with Gasteiger partial charge in [0.05, 0.1) is 17.5 Å². The second-order valence-electron chi connectivity index (χ2n) is 6.60. The quantitative estimate of drug-likeness (QED) is 0.670. The predicted molar refractivity (Wildman–Crippen MR) is 104 cm³/mol. The number of nitrogens with zero attached hydrogens (tertiary/aromatic N) is 3. The molecule has 1 unspecified atom stereocenters. The van der Waals surface area contributed by atoms with Crippen LogP contribution in [0.2, 0.25) is 0 Å². The zero-order valence-electron chi connectivity index (χ0n) is 16.2. The lowest BCUT2D eigenvalue weighted by Gasteiger charge is -2.27. The van der Waals surface area contributed by atoms with Crippen LogP contribution in [-0.2, 0) is 4.79 Å². The Morgan fingerprint density at radius 1 is 1.25 bits per heavy atom. The lowest BCUT2D eigenvalue weighted by molar-refractivity contribution is -0.129. The molecule has 0 saturated heterocycles. The minimum Gasteiger partial charge on any atom is -0.503 e. The van der Waals surface area contributed by atoms with E-state index in [4.69, 9.17) is 4.42 Å². The van der Waals surface area contributed by atoms with E-state index in [1.54, 1.807) is 30.5 Å². The molecule has 28 heavy (non-hydrogen) atoms. The van der Waals surface area contributed by atoms with Crippen molar-refractivity contribution in [1.82, 2.24) is 14.8 Å². The fourth-order valence-electron chi connectivity index (χ4n) is 3.51. The predicted octanol–water partition coefficient (Wildman–Crippen LogP) is 2.98. The number of rotatable bonds is 9. The molecule has 1 N–H and O–H groups in total. The Bertz CT molecular complexity index is 842. The lowest BCUT2D eigenvalue weighted by Crippen LogP contribution is -2.34. The minimum absolute atomic E-state index is 0.0153. The monoisotopic (exact) mass is 383 g/mol. The number of hydrogen-bond donors (Lipinski definition) is 1. The Labute approximate surface area is 164 Å². The number of aromatic nitrogens is 1. The molecule has 3 heterocycles. The molecule has 2 aromatic rings. The van der Waals surface area contributed by atoms with Crippen LogP contribution in [0.25, 0.3) is 0 Å². The first kappa shape index (κ1) is 19.8. The molecule has 1 atom stereocenters. The second kappa shape index (κ2) is 8.84. The summed E-state index contributed by atoms with van der Waals surface area (Å²) < 4.78 is 5.20. The average Bonchev–Trinajstić information content (AvgIpc) is 3.34. The van der Waals surface area contributed by atoms with Crippen LogP contribution in [0.5, 0.6) is 0 Å². The van der Waals surface area contributed by atoms with E-state index in [-0.39, 0.29) is 11.3 Å². The molecule has 7 nitrogen and oxygen atoms in total. The molecule has 0 bridgehead atoms. The first-order valence-electron chi connectivity index (χ1n) is 9.54. The van der Waals surface area contributed by atoms with Gasteiger partial charge in [0.15, 0.2) is 11.5 Å². The van der Waals surface area contributed by atoms with Crippen molar-refractivity contribution in [2.75, 3.05) is 26.2 Å². The summed E-state index contributed by atoms with van der Waals surface area (Å²) in [5.74, 6) is -1.50. The standard InChI is InChI=1S/C21H25N3O4/c1-3-23(4-2)12-8-13-24-18(15-9-5-6-11-22-15)17(20(26)21(24)27)19(25)16-10-7-14-28-16/h5-7,9-11,14,18,26H,3-4,8,12-13H2,1-2H3. The van der Waals surface area contributed by atoms with Gasteiger partial charge in [-0.15, -0.1) is 0 Å². The number of hydrogen-bond acceptors (Lipinski definition) is 6. The van der Waals surface area contributed by atoms with E-state index in [2.05, 4.69) is 23.7 Å². The van der Waals surface area contributed by atoms with Crippen molar-refractivity contribution in [3.8, 4) is 0 Å². The highest BCUT2D eigenvalue weighted by atomic mass is 16.3. The third kappa shape index (κ3) is 3.84. The van der Waals surface area contributed by atoms with Gasteiger partial charge >= 0.3 is 0 Å². The summed E-state index contributed by atoms with van der Waals surface area (Å²) in [6, 6.07) is 7.70. The molecule has 3 rings (SSSR count). The normalized spacial score (nSPS) is 17.0. The van der Waals surface area contributed by atoms with E-state index in [9.17, 15) is 14.7 Å². The number of aliphatic hydroxyl groups excluding tert-OH is 1. The van der Waals surface area contributed by atoms with Gasteiger partial charge in [-0.25, -0.2) is 0 Å². The first-order valence-corrected chi connectivity index (χ1v) is 9.54. The van der Waals surface area contributed by atoms with Crippen molar-refractivity contribution >= 4 is 11.7 Å². The first-order chi connectivity index (χ1) is 13.6. The molecule has 0 spiro atoms. The third-order valence-electron chi connectivity index (χ3n) is 5.03. The maximum absolute atomic E-state index is 12.9. The summed E-state index contributed by atoms with van der Waals surface area (Å²) in [6.07, 6.45) is 3.73. The van der Waals surface area contributed by atoms with Crippen LogP contribution in [0.1, 0.15) is 42.6 Å². The topological polar surface area (TPSA) is 86.9 Å². The summed E-state index contributed by atoms with van der Waals surface area (Å²) in [6.45, 7) is 7.28. The SMILES string of the molecule is CCN(CC)CCCN1C(=O)C(O)=C(C(=O)c2ccco2)C1c1ccccn1. The van der Waals surface area contributed by atoms with Crippen LogP contribution in [0.3, 0.4) is 0 Å². The number of carbonyl (C=O) groups is 2. The summed E-state index contributed by atoms with van der Waals surface area (Å²) in [7, 11) is 0. The van der Waals surface area contributed by atoms with Crippen molar-refractivity contribution in [2.45, 2.75) is 26.3 Å². The highest BCUT2D eigenvalue weighted by Crippen LogP contribution is 2.38. The highest BCUT2D eigenvalue weighted by Gasteiger charge is 2.44. The van der Waals surface area contributed by atoms with Crippen LogP contribution in [0, 0.1) is 0 Å². The van der Waals surface area contributed by atoms with Crippen molar-refractivity contribution in [3.63, 3.8) is 0 Å². The summed E-state index contributed by atoms with van der Waals surface area (Å²) in [4.78, 5) is 33.8. The average molecular weight is 383 g/mol. The van der Waals surface area contributed by atoms with E-state index in [0.29, 0.717) is 12.2 Å². The second-order valence-corrected chi connectivity index (χ2v) is 6.60. The zero-order valence-corrected chi connectivity index (χ0v) is 16.2. The van der Waals surface area contributed by atoms with Crippen LogP contribution in [-0.4, -0.2) is 57.8 Å². The molecular formula is C21H25N3O4. The van der Waals surface area contributed by atoms with Gasteiger partial charge in [-0.1, -0.05) is 19.9 Å². The number of Topliss-reactive ketones (excluding diaryl/α,β-unsaturated/α-hetero) is 1. The van der Waals surface area contributed by atoms with Crippen LogP contribution in [0.4, 0.5) is 0 Å². The Morgan fingerprint density at radius 3 is 2.64 bits per heavy atom. The molecule has 0 radical (unpaired) electrons. The van der Waals surface area contributed by atoms with Crippen LogP contribution >= 0.6 is 0 Å². The van der Waals surface area contributed by atoms with Gasteiger partial charge in [0.25, 0.3) is 5.91 Å². The van der Waals surface area contributed by atoms with Crippen molar-refractivity contribution in [3.05, 3.63) is 65.6 Å². The largest absolute Gasteiger partial charge is 0.503 e. The Morgan fingerprint density at radius 2 is 2.04 bits per heavy atom. The number of carbonyl (C=O) groups excluding carboxylic acids is 2. The molecule has 1 aliphatic heterocycles. The molecule has 2 aromatic heterocycles. The summed E-state index contributed by atoms with van der Waals surface area (Å²) >= 11 is 0. The molecule has 148 valence electrons. The van der Waals surface area contributed by atoms with Gasteiger partial charge in [-0.3, -0.25) is 14.6 Å². The number of ketones is 1. The molecule has 0 aliphatic carbocycles. The smallest absolute Gasteiger partial charge is 0.290 e. The fourth-order valence-corrected chi connectivity index (χ4v) is 3.51.